The Balaban J connectivity index is 2.39. The Morgan fingerprint density at radius 2 is 2.26 bits per heavy atom. The molecule has 1 aliphatic heterocycles. The van der Waals surface area contributed by atoms with Crippen molar-refractivity contribution >= 4 is 5.91 Å². The standard InChI is InChI=1S/C15H21NO3/c1-5-15(10-16(3)14(17)11(2)19-15)12-7-6-8-13(9-12)18-4/h6-9,11H,5,10H2,1-4H3. The van der Waals surface area contributed by atoms with Crippen LogP contribution in [0.1, 0.15) is 25.8 Å². The number of methoxy groups -OCH3 is 1. The van der Waals surface area contributed by atoms with E-state index in [2.05, 4.69) is 6.92 Å². The van der Waals surface area contributed by atoms with Gasteiger partial charge in [-0.1, -0.05) is 19.1 Å². The van der Waals surface area contributed by atoms with E-state index in [9.17, 15) is 4.79 Å². The molecule has 0 aliphatic carbocycles. The average molecular weight is 263 g/mol. The molecule has 0 radical (unpaired) electrons. The molecule has 19 heavy (non-hydrogen) atoms. The number of hydrogen-bond acceptors (Lipinski definition) is 3. The summed E-state index contributed by atoms with van der Waals surface area (Å²) in [7, 11) is 3.48. The first-order valence-corrected chi connectivity index (χ1v) is 6.59. The number of morpholine rings is 1. The first-order chi connectivity index (χ1) is 9.02. The number of likely N-dealkylation sites (N-methyl/N-ethyl adjacent to an activating group) is 1. The number of carbonyl (C=O) groups is 1. The smallest absolute Gasteiger partial charge is 0.251 e. The summed E-state index contributed by atoms with van der Waals surface area (Å²) in [6, 6.07) is 7.88. The zero-order valence-corrected chi connectivity index (χ0v) is 12.0. The summed E-state index contributed by atoms with van der Waals surface area (Å²) >= 11 is 0. The van der Waals surface area contributed by atoms with Crippen LogP contribution in [0, 0.1) is 0 Å². The largest absolute Gasteiger partial charge is 0.497 e. The molecule has 1 fully saturated rings. The second-order valence-corrected chi connectivity index (χ2v) is 5.03. The highest BCUT2D eigenvalue weighted by molar-refractivity contribution is 5.81. The summed E-state index contributed by atoms with van der Waals surface area (Å²) < 4.78 is 11.3. The van der Waals surface area contributed by atoms with E-state index < -0.39 is 11.7 Å². The number of benzene rings is 1. The van der Waals surface area contributed by atoms with Crippen LogP contribution in [0.4, 0.5) is 0 Å². The van der Waals surface area contributed by atoms with E-state index in [1.54, 1.807) is 12.0 Å². The van der Waals surface area contributed by atoms with Crippen LogP contribution in [0.15, 0.2) is 24.3 Å². The number of nitrogens with zero attached hydrogens (tertiary/aromatic N) is 1. The van der Waals surface area contributed by atoms with E-state index in [0.717, 1.165) is 17.7 Å². The molecule has 104 valence electrons. The second-order valence-electron chi connectivity index (χ2n) is 5.03. The third-order valence-corrected chi connectivity index (χ3v) is 3.79. The van der Waals surface area contributed by atoms with Gasteiger partial charge in [0.2, 0.25) is 0 Å². The quantitative estimate of drug-likeness (QED) is 0.839. The van der Waals surface area contributed by atoms with Gasteiger partial charge in [0.1, 0.15) is 17.5 Å². The van der Waals surface area contributed by atoms with Crippen molar-refractivity contribution in [3.05, 3.63) is 29.8 Å². The van der Waals surface area contributed by atoms with Crippen molar-refractivity contribution in [1.29, 1.82) is 0 Å². The zero-order chi connectivity index (χ0) is 14.0. The van der Waals surface area contributed by atoms with Crippen LogP contribution >= 0.6 is 0 Å². The van der Waals surface area contributed by atoms with E-state index in [-0.39, 0.29) is 5.91 Å². The Morgan fingerprint density at radius 1 is 1.53 bits per heavy atom. The van der Waals surface area contributed by atoms with Gasteiger partial charge in [-0.25, -0.2) is 0 Å². The van der Waals surface area contributed by atoms with E-state index in [1.807, 2.05) is 38.2 Å². The predicted octanol–water partition coefficient (Wildman–Crippen LogP) is 2.18. The fraction of sp³-hybridized carbons (Fsp3) is 0.533. The van der Waals surface area contributed by atoms with Crippen molar-refractivity contribution in [1.82, 2.24) is 4.90 Å². The summed E-state index contributed by atoms with van der Waals surface area (Å²) in [5.74, 6) is 0.841. The van der Waals surface area contributed by atoms with Gasteiger partial charge in [0.15, 0.2) is 0 Å². The maximum atomic E-state index is 11.9. The SMILES string of the molecule is CCC1(c2cccc(OC)c2)CN(C)C(=O)C(C)O1. The Hall–Kier alpha value is -1.55. The maximum absolute atomic E-state index is 11.9. The van der Waals surface area contributed by atoms with Crippen molar-refractivity contribution in [3.8, 4) is 5.75 Å². The molecule has 0 saturated carbocycles. The lowest BCUT2D eigenvalue weighted by Gasteiger charge is -2.44. The monoisotopic (exact) mass is 263 g/mol. The summed E-state index contributed by atoms with van der Waals surface area (Å²) in [6.45, 7) is 4.46. The van der Waals surface area contributed by atoms with E-state index in [1.165, 1.54) is 0 Å². The molecule has 1 saturated heterocycles. The molecular weight excluding hydrogens is 242 g/mol. The molecule has 0 bridgehead atoms. The number of amides is 1. The normalized spacial score (nSPS) is 27.5. The van der Waals surface area contributed by atoms with E-state index in [4.69, 9.17) is 9.47 Å². The molecule has 4 heteroatoms. The number of hydrogen-bond donors (Lipinski definition) is 0. The third-order valence-electron chi connectivity index (χ3n) is 3.79. The minimum atomic E-state index is -0.448. The van der Waals surface area contributed by atoms with Crippen LogP contribution in [0.5, 0.6) is 5.75 Å². The summed E-state index contributed by atoms with van der Waals surface area (Å²) in [6.07, 6.45) is 0.396. The van der Waals surface area contributed by atoms with Gasteiger partial charge in [0.05, 0.1) is 13.7 Å². The summed E-state index contributed by atoms with van der Waals surface area (Å²) in [5.41, 5.74) is 0.608. The van der Waals surface area contributed by atoms with Gasteiger partial charge in [0.25, 0.3) is 5.91 Å². The van der Waals surface area contributed by atoms with Crippen molar-refractivity contribution in [3.63, 3.8) is 0 Å². The predicted molar refractivity (Wildman–Crippen MR) is 73.1 cm³/mol. The highest BCUT2D eigenvalue weighted by Gasteiger charge is 2.42. The van der Waals surface area contributed by atoms with Crippen LogP contribution in [-0.4, -0.2) is 37.6 Å². The van der Waals surface area contributed by atoms with Gasteiger partial charge in [-0.05, 0) is 31.0 Å². The van der Waals surface area contributed by atoms with Gasteiger partial charge in [-0.15, -0.1) is 0 Å². The number of ether oxygens (including phenoxy) is 2. The number of carbonyl (C=O) groups excluding carboxylic acids is 1. The fourth-order valence-corrected chi connectivity index (χ4v) is 2.66. The molecule has 1 amide bonds. The van der Waals surface area contributed by atoms with Gasteiger partial charge >= 0.3 is 0 Å². The first kappa shape index (κ1) is 13.9. The van der Waals surface area contributed by atoms with E-state index in [0.29, 0.717) is 6.54 Å². The lowest BCUT2D eigenvalue weighted by atomic mass is 9.88. The molecule has 2 unspecified atom stereocenters. The third kappa shape index (κ3) is 2.45. The highest BCUT2D eigenvalue weighted by Crippen LogP contribution is 2.36. The molecule has 0 N–H and O–H groups in total. The topological polar surface area (TPSA) is 38.8 Å². The maximum Gasteiger partial charge on any atom is 0.251 e. The summed E-state index contributed by atoms with van der Waals surface area (Å²) in [5, 5.41) is 0. The van der Waals surface area contributed by atoms with Crippen LogP contribution in [0.3, 0.4) is 0 Å². The van der Waals surface area contributed by atoms with Crippen molar-refractivity contribution < 1.29 is 14.3 Å². The molecular formula is C15H21NO3. The molecule has 2 rings (SSSR count). The molecule has 1 aromatic rings. The molecule has 0 aromatic heterocycles. The van der Waals surface area contributed by atoms with Crippen molar-refractivity contribution in [2.45, 2.75) is 32.0 Å². The summed E-state index contributed by atoms with van der Waals surface area (Å²) in [4.78, 5) is 13.6. The molecule has 4 nitrogen and oxygen atoms in total. The zero-order valence-electron chi connectivity index (χ0n) is 12.0. The fourth-order valence-electron chi connectivity index (χ4n) is 2.66. The van der Waals surface area contributed by atoms with Crippen LogP contribution in [-0.2, 0) is 15.1 Å². The molecule has 1 heterocycles. The van der Waals surface area contributed by atoms with Crippen LogP contribution in [0.2, 0.25) is 0 Å². The first-order valence-electron chi connectivity index (χ1n) is 6.59. The lowest BCUT2D eigenvalue weighted by molar-refractivity contribution is -0.181. The minimum Gasteiger partial charge on any atom is -0.497 e. The van der Waals surface area contributed by atoms with Crippen molar-refractivity contribution in [2.75, 3.05) is 20.7 Å². The highest BCUT2D eigenvalue weighted by atomic mass is 16.5. The van der Waals surface area contributed by atoms with Gasteiger partial charge in [-0.3, -0.25) is 4.79 Å². The Morgan fingerprint density at radius 3 is 2.84 bits per heavy atom. The second kappa shape index (κ2) is 5.21. The average Bonchev–Trinajstić information content (AvgIpc) is 2.44. The Bertz CT molecular complexity index is 458. The van der Waals surface area contributed by atoms with E-state index >= 15 is 0 Å². The number of rotatable bonds is 3. The molecule has 1 aliphatic rings. The molecule has 2 atom stereocenters. The lowest BCUT2D eigenvalue weighted by Crippen LogP contribution is -2.54. The van der Waals surface area contributed by atoms with Crippen LogP contribution < -0.4 is 4.74 Å². The van der Waals surface area contributed by atoms with Gasteiger partial charge in [0, 0.05) is 7.05 Å². The Kier molecular flexibility index (Phi) is 3.80. The van der Waals surface area contributed by atoms with Crippen molar-refractivity contribution in [2.24, 2.45) is 0 Å². The van der Waals surface area contributed by atoms with Crippen LogP contribution in [0.25, 0.3) is 0 Å². The molecule has 0 spiro atoms. The Labute approximate surface area is 114 Å². The van der Waals surface area contributed by atoms with Gasteiger partial charge < -0.3 is 14.4 Å². The minimum absolute atomic E-state index is 0.0342. The van der Waals surface area contributed by atoms with Gasteiger partial charge in [-0.2, -0.15) is 0 Å². The molecule has 1 aromatic carbocycles.